The molecule has 0 aliphatic rings. The van der Waals surface area contributed by atoms with E-state index in [-0.39, 0.29) is 5.75 Å². The van der Waals surface area contributed by atoms with Gasteiger partial charge in [-0.25, -0.2) is 0 Å². The predicted molar refractivity (Wildman–Crippen MR) is 97.5 cm³/mol. The van der Waals surface area contributed by atoms with Gasteiger partial charge >= 0.3 is 0 Å². The summed E-state index contributed by atoms with van der Waals surface area (Å²) in [6, 6.07) is 23.4. The average molecular weight is 318 g/mol. The van der Waals surface area contributed by atoms with Crippen LogP contribution in [0.5, 0.6) is 11.5 Å². The smallest absolute Gasteiger partial charge is 0.115 e. The van der Waals surface area contributed by atoms with Gasteiger partial charge in [-0.2, -0.15) is 0 Å². The number of aromatic hydroxyl groups is 2. The molecule has 2 N–H and O–H groups in total. The van der Waals surface area contributed by atoms with Crippen LogP contribution in [0.2, 0.25) is 0 Å². The van der Waals surface area contributed by atoms with E-state index in [1.165, 1.54) is 16.7 Å². The second-order valence-electron chi connectivity index (χ2n) is 6.14. The van der Waals surface area contributed by atoms with Gasteiger partial charge in [-0.05, 0) is 72.2 Å². The first-order valence-corrected chi connectivity index (χ1v) is 8.33. The molecule has 2 heteroatoms. The topological polar surface area (TPSA) is 40.5 Å². The van der Waals surface area contributed by atoms with Gasteiger partial charge in [-0.15, -0.1) is 0 Å². The SMILES string of the molecule is Oc1ccc(Cc2ccc(O)cc2CCCc2ccccc2)cc1. The quantitative estimate of drug-likeness (QED) is 0.681. The Balaban J connectivity index is 1.69. The molecule has 0 aliphatic carbocycles. The van der Waals surface area contributed by atoms with E-state index in [2.05, 4.69) is 24.3 Å². The van der Waals surface area contributed by atoms with Crippen LogP contribution >= 0.6 is 0 Å². The minimum absolute atomic E-state index is 0.285. The van der Waals surface area contributed by atoms with E-state index in [4.69, 9.17) is 0 Å². The number of rotatable bonds is 6. The summed E-state index contributed by atoms with van der Waals surface area (Å²) in [7, 11) is 0. The molecule has 3 aromatic rings. The highest BCUT2D eigenvalue weighted by atomic mass is 16.3. The number of aryl methyl sites for hydroxylation is 2. The Morgan fingerprint density at radius 3 is 2.04 bits per heavy atom. The van der Waals surface area contributed by atoms with Crippen molar-refractivity contribution in [2.75, 3.05) is 0 Å². The van der Waals surface area contributed by atoms with Gasteiger partial charge in [-0.3, -0.25) is 0 Å². The van der Waals surface area contributed by atoms with Crippen molar-refractivity contribution in [2.45, 2.75) is 25.7 Å². The van der Waals surface area contributed by atoms with E-state index in [1.54, 1.807) is 18.2 Å². The van der Waals surface area contributed by atoms with Crippen molar-refractivity contribution in [1.82, 2.24) is 0 Å². The Bertz CT molecular complexity index is 777. The van der Waals surface area contributed by atoms with E-state index in [0.29, 0.717) is 5.75 Å². The summed E-state index contributed by atoms with van der Waals surface area (Å²) >= 11 is 0. The summed E-state index contributed by atoms with van der Waals surface area (Å²) < 4.78 is 0. The van der Waals surface area contributed by atoms with E-state index in [0.717, 1.165) is 31.2 Å². The number of phenols is 2. The summed E-state index contributed by atoms with van der Waals surface area (Å²) in [5.74, 6) is 0.603. The second-order valence-corrected chi connectivity index (χ2v) is 6.14. The molecule has 0 bridgehead atoms. The van der Waals surface area contributed by atoms with Crippen molar-refractivity contribution in [3.05, 3.63) is 95.1 Å². The number of phenolic OH excluding ortho intramolecular Hbond substituents is 2. The van der Waals surface area contributed by atoms with Gasteiger partial charge in [0.2, 0.25) is 0 Å². The molecule has 0 unspecified atom stereocenters. The number of benzene rings is 3. The first-order chi connectivity index (χ1) is 11.7. The average Bonchev–Trinajstić information content (AvgIpc) is 2.60. The summed E-state index contributed by atoms with van der Waals surface area (Å²) in [5, 5.41) is 19.2. The van der Waals surface area contributed by atoms with Gasteiger partial charge in [0.25, 0.3) is 0 Å². The predicted octanol–water partition coefficient (Wildman–Crippen LogP) is 4.86. The second kappa shape index (κ2) is 7.69. The largest absolute Gasteiger partial charge is 0.508 e. The third kappa shape index (κ3) is 4.39. The van der Waals surface area contributed by atoms with Crippen LogP contribution in [0.4, 0.5) is 0 Å². The van der Waals surface area contributed by atoms with E-state index >= 15 is 0 Å². The maximum atomic E-state index is 9.82. The molecule has 2 nitrogen and oxygen atoms in total. The standard InChI is InChI=1S/C22H22O2/c23-21-12-9-18(10-13-21)15-20-11-14-22(24)16-19(20)8-4-7-17-5-2-1-3-6-17/h1-3,5-6,9-14,16,23-24H,4,7-8,15H2. The lowest BCUT2D eigenvalue weighted by molar-refractivity contribution is 0.474. The van der Waals surface area contributed by atoms with Crippen LogP contribution in [0, 0.1) is 0 Å². The maximum absolute atomic E-state index is 9.82. The van der Waals surface area contributed by atoms with Crippen LogP contribution in [0.1, 0.15) is 28.7 Å². The van der Waals surface area contributed by atoms with Crippen molar-refractivity contribution in [2.24, 2.45) is 0 Å². The molecular formula is C22H22O2. The molecular weight excluding hydrogens is 296 g/mol. The zero-order valence-electron chi connectivity index (χ0n) is 13.7. The Labute approximate surface area is 143 Å². The maximum Gasteiger partial charge on any atom is 0.115 e. The molecule has 24 heavy (non-hydrogen) atoms. The minimum Gasteiger partial charge on any atom is -0.508 e. The normalized spacial score (nSPS) is 10.7. The fraction of sp³-hybridized carbons (Fsp3) is 0.182. The van der Waals surface area contributed by atoms with E-state index in [1.807, 2.05) is 30.3 Å². The molecule has 0 radical (unpaired) electrons. The van der Waals surface area contributed by atoms with Crippen LogP contribution in [0.3, 0.4) is 0 Å². The van der Waals surface area contributed by atoms with Crippen LogP contribution in [-0.2, 0) is 19.3 Å². The summed E-state index contributed by atoms with van der Waals surface area (Å²) in [6.07, 6.45) is 3.84. The Hall–Kier alpha value is -2.74. The van der Waals surface area contributed by atoms with Crippen molar-refractivity contribution in [3.63, 3.8) is 0 Å². The lowest BCUT2D eigenvalue weighted by atomic mass is 9.95. The lowest BCUT2D eigenvalue weighted by Crippen LogP contribution is -1.97. The number of hydrogen-bond donors (Lipinski definition) is 2. The third-order valence-corrected chi connectivity index (χ3v) is 4.28. The van der Waals surface area contributed by atoms with Gasteiger partial charge < -0.3 is 10.2 Å². The molecule has 0 amide bonds. The zero-order chi connectivity index (χ0) is 16.8. The van der Waals surface area contributed by atoms with Crippen molar-refractivity contribution < 1.29 is 10.2 Å². The Morgan fingerprint density at radius 2 is 1.29 bits per heavy atom. The lowest BCUT2D eigenvalue weighted by Gasteiger charge is -2.11. The van der Waals surface area contributed by atoms with Gasteiger partial charge in [-0.1, -0.05) is 48.5 Å². The molecule has 3 rings (SSSR count). The summed E-state index contributed by atoms with van der Waals surface area (Å²) in [4.78, 5) is 0. The van der Waals surface area contributed by atoms with Gasteiger partial charge in [0.15, 0.2) is 0 Å². The molecule has 0 spiro atoms. The third-order valence-electron chi connectivity index (χ3n) is 4.28. The van der Waals surface area contributed by atoms with Crippen LogP contribution < -0.4 is 0 Å². The Morgan fingerprint density at radius 1 is 0.583 bits per heavy atom. The molecule has 0 atom stereocenters. The summed E-state index contributed by atoms with van der Waals surface area (Å²) in [6.45, 7) is 0. The highest BCUT2D eigenvalue weighted by Crippen LogP contribution is 2.22. The van der Waals surface area contributed by atoms with Crippen molar-refractivity contribution >= 4 is 0 Å². The van der Waals surface area contributed by atoms with Crippen LogP contribution in [0.25, 0.3) is 0 Å². The number of hydrogen-bond acceptors (Lipinski definition) is 2. The molecule has 0 aliphatic heterocycles. The minimum atomic E-state index is 0.285. The van der Waals surface area contributed by atoms with Crippen molar-refractivity contribution in [1.29, 1.82) is 0 Å². The van der Waals surface area contributed by atoms with Gasteiger partial charge in [0.1, 0.15) is 11.5 Å². The first-order valence-electron chi connectivity index (χ1n) is 8.33. The molecule has 0 saturated heterocycles. The zero-order valence-corrected chi connectivity index (χ0v) is 13.7. The van der Waals surface area contributed by atoms with Gasteiger partial charge in [0.05, 0.1) is 0 Å². The van der Waals surface area contributed by atoms with Crippen LogP contribution in [0.15, 0.2) is 72.8 Å². The molecule has 122 valence electrons. The van der Waals surface area contributed by atoms with Gasteiger partial charge in [0, 0.05) is 0 Å². The first kappa shape index (κ1) is 16.1. The molecule has 0 saturated carbocycles. The molecule has 0 aromatic heterocycles. The monoisotopic (exact) mass is 318 g/mol. The molecule has 0 fully saturated rings. The highest BCUT2D eigenvalue weighted by Gasteiger charge is 2.06. The fourth-order valence-electron chi connectivity index (χ4n) is 2.98. The van der Waals surface area contributed by atoms with E-state index in [9.17, 15) is 10.2 Å². The summed E-state index contributed by atoms with van der Waals surface area (Å²) in [5.41, 5.74) is 4.92. The van der Waals surface area contributed by atoms with E-state index < -0.39 is 0 Å². The van der Waals surface area contributed by atoms with Crippen LogP contribution in [-0.4, -0.2) is 10.2 Å². The Kier molecular flexibility index (Phi) is 5.17. The molecule has 0 heterocycles. The fourth-order valence-corrected chi connectivity index (χ4v) is 2.98. The molecule has 3 aromatic carbocycles. The highest BCUT2D eigenvalue weighted by molar-refractivity contribution is 5.39. The van der Waals surface area contributed by atoms with Crippen molar-refractivity contribution in [3.8, 4) is 11.5 Å².